The summed E-state index contributed by atoms with van der Waals surface area (Å²) in [4.78, 5) is 12.5. The van der Waals surface area contributed by atoms with E-state index in [4.69, 9.17) is 20.9 Å². The molecule has 1 amide bonds. The normalized spacial score (nSPS) is 10.6. The molecule has 0 saturated heterocycles. The number of amides is 1. The lowest BCUT2D eigenvalue weighted by Gasteiger charge is -2.09. The van der Waals surface area contributed by atoms with Crippen molar-refractivity contribution >= 4 is 17.5 Å². The molecule has 134 valence electrons. The first-order chi connectivity index (χ1) is 12.6. The molecule has 26 heavy (non-hydrogen) atoms. The van der Waals surface area contributed by atoms with Crippen molar-refractivity contribution in [1.82, 2.24) is 10.5 Å². The Morgan fingerprint density at radius 3 is 2.73 bits per heavy atom. The van der Waals surface area contributed by atoms with Gasteiger partial charge in [0.2, 0.25) is 0 Å². The number of hydrogen-bond donors (Lipinski definition) is 1. The van der Waals surface area contributed by atoms with Crippen LogP contribution in [0.5, 0.6) is 5.75 Å². The standard InChI is InChI=1S/C19H16ClFN2O3/c1-12-16(18(23-26-12)17-14(20)8-5-9-15(17)21)19(24)22-10-11-25-13-6-3-2-4-7-13/h2-9H,10-11H2,1H3,(H,22,24). The van der Waals surface area contributed by atoms with Gasteiger partial charge >= 0.3 is 0 Å². The summed E-state index contributed by atoms with van der Waals surface area (Å²) in [5.74, 6) is -0.0236. The quantitative estimate of drug-likeness (QED) is 0.655. The third-order valence-electron chi connectivity index (χ3n) is 3.69. The fraction of sp³-hybridized carbons (Fsp3) is 0.158. The molecule has 3 aromatic rings. The van der Waals surface area contributed by atoms with Gasteiger partial charge < -0.3 is 14.6 Å². The van der Waals surface area contributed by atoms with E-state index >= 15 is 0 Å². The van der Waals surface area contributed by atoms with Crippen LogP contribution in [0, 0.1) is 12.7 Å². The Kier molecular flexibility index (Phi) is 5.53. The molecule has 0 radical (unpaired) electrons. The number of para-hydroxylation sites is 1. The highest BCUT2D eigenvalue weighted by Gasteiger charge is 2.25. The summed E-state index contributed by atoms with van der Waals surface area (Å²) < 4.78 is 24.8. The van der Waals surface area contributed by atoms with Crippen LogP contribution in [-0.2, 0) is 0 Å². The van der Waals surface area contributed by atoms with E-state index < -0.39 is 11.7 Å². The molecule has 7 heteroatoms. The Hall–Kier alpha value is -2.86. The first-order valence-corrected chi connectivity index (χ1v) is 8.32. The highest BCUT2D eigenvalue weighted by molar-refractivity contribution is 6.33. The molecule has 1 aromatic heterocycles. The number of hydrogen-bond acceptors (Lipinski definition) is 4. The number of halogens is 2. The second-order valence-electron chi connectivity index (χ2n) is 5.48. The minimum absolute atomic E-state index is 0.0386. The van der Waals surface area contributed by atoms with E-state index in [2.05, 4.69) is 10.5 Å². The van der Waals surface area contributed by atoms with Gasteiger partial charge in [-0.05, 0) is 31.2 Å². The molecule has 0 bridgehead atoms. The van der Waals surface area contributed by atoms with Crippen LogP contribution in [0.1, 0.15) is 16.1 Å². The van der Waals surface area contributed by atoms with E-state index in [9.17, 15) is 9.18 Å². The zero-order chi connectivity index (χ0) is 18.5. The van der Waals surface area contributed by atoms with Gasteiger partial charge in [0, 0.05) is 0 Å². The lowest BCUT2D eigenvalue weighted by Crippen LogP contribution is -2.28. The molecule has 0 saturated carbocycles. The number of rotatable bonds is 6. The largest absolute Gasteiger partial charge is 0.492 e. The average molecular weight is 375 g/mol. The summed E-state index contributed by atoms with van der Waals surface area (Å²) in [6.45, 7) is 2.14. The molecule has 1 heterocycles. The van der Waals surface area contributed by atoms with E-state index in [-0.39, 0.29) is 40.8 Å². The maximum atomic E-state index is 14.2. The molecule has 0 aliphatic rings. The Morgan fingerprint density at radius 2 is 2.00 bits per heavy atom. The summed E-state index contributed by atoms with van der Waals surface area (Å²) in [7, 11) is 0. The lowest BCUT2D eigenvalue weighted by molar-refractivity contribution is 0.0946. The van der Waals surface area contributed by atoms with Crippen molar-refractivity contribution in [2.75, 3.05) is 13.2 Å². The fourth-order valence-electron chi connectivity index (χ4n) is 2.47. The molecule has 0 aliphatic carbocycles. The van der Waals surface area contributed by atoms with Gasteiger partial charge in [-0.15, -0.1) is 0 Å². The monoisotopic (exact) mass is 374 g/mol. The van der Waals surface area contributed by atoms with Crippen LogP contribution in [-0.4, -0.2) is 24.2 Å². The van der Waals surface area contributed by atoms with Gasteiger partial charge in [0.15, 0.2) is 0 Å². The molecule has 0 spiro atoms. The van der Waals surface area contributed by atoms with Crippen LogP contribution in [0.3, 0.4) is 0 Å². The molecule has 0 unspecified atom stereocenters. The van der Waals surface area contributed by atoms with Crippen molar-refractivity contribution in [3.05, 3.63) is 70.7 Å². The van der Waals surface area contributed by atoms with E-state index in [1.54, 1.807) is 6.92 Å². The molecule has 0 fully saturated rings. The number of carbonyl (C=O) groups is 1. The molecule has 0 aliphatic heterocycles. The Bertz CT molecular complexity index is 892. The zero-order valence-corrected chi connectivity index (χ0v) is 14.7. The van der Waals surface area contributed by atoms with Gasteiger partial charge in [-0.25, -0.2) is 4.39 Å². The van der Waals surface area contributed by atoms with Gasteiger partial charge in [0.1, 0.15) is 35.2 Å². The van der Waals surface area contributed by atoms with Gasteiger partial charge in [-0.2, -0.15) is 0 Å². The van der Waals surface area contributed by atoms with Crippen molar-refractivity contribution in [2.24, 2.45) is 0 Å². The van der Waals surface area contributed by atoms with Crippen LogP contribution < -0.4 is 10.1 Å². The predicted molar refractivity (Wildman–Crippen MR) is 95.9 cm³/mol. The van der Waals surface area contributed by atoms with Crippen LogP contribution in [0.2, 0.25) is 5.02 Å². The number of carbonyl (C=O) groups excluding carboxylic acids is 1. The summed E-state index contributed by atoms with van der Waals surface area (Å²) in [6.07, 6.45) is 0. The predicted octanol–water partition coefficient (Wildman–Crippen LogP) is 4.25. The molecule has 2 aromatic carbocycles. The molecular weight excluding hydrogens is 359 g/mol. The van der Waals surface area contributed by atoms with Crippen molar-refractivity contribution < 1.29 is 18.4 Å². The van der Waals surface area contributed by atoms with Crippen molar-refractivity contribution in [3.63, 3.8) is 0 Å². The van der Waals surface area contributed by atoms with Gasteiger partial charge in [0.05, 0.1) is 17.1 Å². The second kappa shape index (κ2) is 8.01. The number of nitrogens with zero attached hydrogens (tertiary/aromatic N) is 1. The van der Waals surface area contributed by atoms with E-state index in [0.717, 1.165) is 0 Å². The molecular formula is C19H16ClFN2O3. The maximum absolute atomic E-state index is 14.2. The van der Waals surface area contributed by atoms with Crippen LogP contribution in [0.25, 0.3) is 11.3 Å². The van der Waals surface area contributed by atoms with Crippen LogP contribution in [0.4, 0.5) is 4.39 Å². The summed E-state index contributed by atoms with van der Waals surface area (Å²) >= 11 is 6.07. The lowest BCUT2D eigenvalue weighted by atomic mass is 10.0. The Labute approximate surface area is 154 Å². The number of ether oxygens (including phenoxy) is 1. The van der Waals surface area contributed by atoms with Gasteiger partial charge in [-0.3, -0.25) is 4.79 Å². The third-order valence-corrected chi connectivity index (χ3v) is 4.00. The van der Waals surface area contributed by atoms with E-state index in [1.807, 2.05) is 30.3 Å². The smallest absolute Gasteiger partial charge is 0.257 e. The highest BCUT2D eigenvalue weighted by Crippen LogP contribution is 2.33. The molecule has 3 rings (SSSR count). The van der Waals surface area contributed by atoms with E-state index in [1.165, 1.54) is 18.2 Å². The highest BCUT2D eigenvalue weighted by atomic mass is 35.5. The molecule has 5 nitrogen and oxygen atoms in total. The number of aryl methyl sites for hydroxylation is 1. The van der Waals surface area contributed by atoms with Gasteiger partial charge in [-0.1, -0.05) is 41.0 Å². The van der Waals surface area contributed by atoms with Crippen molar-refractivity contribution in [1.29, 1.82) is 0 Å². The Morgan fingerprint density at radius 1 is 1.23 bits per heavy atom. The Balaban J connectivity index is 1.71. The summed E-state index contributed by atoms with van der Waals surface area (Å²) in [6, 6.07) is 13.5. The van der Waals surface area contributed by atoms with Crippen LogP contribution >= 0.6 is 11.6 Å². The molecule has 1 N–H and O–H groups in total. The number of nitrogens with one attached hydrogen (secondary N) is 1. The number of aromatic nitrogens is 1. The fourth-order valence-corrected chi connectivity index (χ4v) is 2.73. The average Bonchev–Trinajstić information content (AvgIpc) is 3.01. The minimum atomic E-state index is -0.577. The first kappa shape index (κ1) is 17.9. The topological polar surface area (TPSA) is 64.4 Å². The minimum Gasteiger partial charge on any atom is -0.492 e. The third kappa shape index (κ3) is 3.86. The molecule has 0 atom stereocenters. The van der Waals surface area contributed by atoms with E-state index in [0.29, 0.717) is 5.75 Å². The maximum Gasteiger partial charge on any atom is 0.257 e. The zero-order valence-electron chi connectivity index (χ0n) is 14.0. The number of benzene rings is 2. The summed E-state index contributed by atoms with van der Waals surface area (Å²) in [5, 5.41) is 6.68. The van der Waals surface area contributed by atoms with Crippen molar-refractivity contribution in [3.8, 4) is 17.0 Å². The SMILES string of the molecule is Cc1onc(-c2c(F)cccc2Cl)c1C(=O)NCCOc1ccccc1. The summed E-state index contributed by atoms with van der Waals surface area (Å²) in [5.41, 5.74) is 0.264. The van der Waals surface area contributed by atoms with Crippen molar-refractivity contribution in [2.45, 2.75) is 6.92 Å². The second-order valence-corrected chi connectivity index (χ2v) is 5.88. The van der Waals surface area contributed by atoms with Gasteiger partial charge in [0.25, 0.3) is 5.91 Å². The first-order valence-electron chi connectivity index (χ1n) is 7.94. The van der Waals surface area contributed by atoms with Crippen LogP contribution in [0.15, 0.2) is 53.1 Å².